The lowest BCUT2D eigenvalue weighted by Gasteiger charge is -2.51. The summed E-state index contributed by atoms with van der Waals surface area (Å²) in [4.78, 5) is 26.2. The molecule has 2 aliphatic heterocycles. The second kappa shape index (κ2) is 8.07. The van der Waals surface area contributed by atoms with Gasteiger partial charge in [0.2, 0.25) is 5.91 Å². The number of ether oxygens (including phenoxy) is 1. The van der Waals surface area contributed by atoms with Crippen LogP contribution in [-0.4, -0.2) is 68.5 Å². The van der Waals surface area contributed by atoms with Crippen LogP contribution < -0.4 is 5.32 Å². The maximum absolute atomic E-state index is 13.0. The molecule has 2 aliphatic rings. The van der Waals surface area contributed by atoms with Crippen molar-refractivity contribution in [2.24, 2.45) is 13.0 Å². The number of aryl methyl sites for hydroxylation is 1. The van der Waals surface area contributed by atoms with Crippen LogP contribution in [0.15, 0.2) is 6.07 Å². The maximum Gasteiger partial charge on any atom is 0.272 e. The highest BCUT2D eigenvalue weighted by Gasteiger charge is 2.49. The van der Waals surface area contributed by atoms with Crippen LogP contribution in [0.1, 0.15) is 63.1 Å². The van der Waals surface area contributed by atoms with E-state index >= 15 is 0 Å². The third kappa shape index (κ3) is 4.80. The molecule has 2 N–H and O–H groups in total. The van der Waals surface area contributed by atoms with Crippen molar-refractivity contribution >= 4 is 11.8 Å². The smallest absolute Gasteiger partial charge is 0.272 e. The third-order valence-corrected chi connectivity index (χ3v) is 6.09. The van der Waals surface area contributed by atoms with Crippen LogP contribution in [0, 0.1) is 5.92 Å². The summed E-state index contributed by atoms with van der Waals surface area (Å²) in [6.45, 7) is 8.89. The summed E-state index contributed by atoms with van der Waals surface area (Å²) in [5, 5.41) is 18.1. The predicted molar refractivity (Wildman–Crippen MR) is 108 cm³/mol. The fourth-order valence-electron chi connectivity index (χ4n) is 4.55. The van der Waals surface area contributed by atoms with Crippen LogP contribution in [0.4, 0.5) is 0 Å². The van der Waals surface area contributed by atoms with Crippen LogP contribution in [0.3, 0.4) is 0 Å². The van der Waals surface area contributed by atoms with Crippen LogP contribution in [0.5, 0.6) is 0 Å². The molecule has 8 heteroatoms. The number of rotatable bonds is 4. The van der Waals surface area contributed by atoms with Gasteiger partial charge in [-0.15, -0.1) is 0 Å². The van der Waals surface area contributed by atoms with Crippen molar-refractivity contribution in [1.29, 1.82) is 0 Å². The number of amides is 2. The van der Waals surface area contributed by atoms with Gasteiger partial charge in [-0.05, 0) is 38.2 Å². The van der Waals surface area contributed by atoms with E-state index in [4.69, 9.17) is 4.74 Å². The largest absolute Gasteiger partial charge is 0.388 e. The molecule has 1 aromatic heterocycles. The Kier molecular flexibility index (Phi) is 6.06. The highest BCUT2D eigenvalue weighted by Crippen LogP contribution is 2.39. The Morgan fingerprint density at radius 3 is 2.59 bits per heavy atom. The van der Waals surface area contributed by atoms with E-state index in [1.165, 1.54) is 6.92 Å². The molecule has 1 aromatic rings. The fourth-order valence-corrected chi connectivity index (χ4v) is 4.55. The number of nitrogens with one attached hydrogen (secondary N) is 1. The molecule has 0 unspecified atom stereocenters. The zero-order chi connectivity index (χ0) is 21.4. The van der Waals surface area contributed by atoms with Gasteiger partial charge in [-0.25, -0.2) is 0 Å². The van der Waals surface area contributed by atoms with Crippen molar-refractivity contribution in [2.75, 3.05) is 19.7 Å². The first kappa shape index (κ1) is 21.8. The topological polar surface area (TPSA) is 96.7 Å². The van der Waals surface area contributed by atoms with E-state index in [-0.39, 0.29) is 18.4 Å². The Hall–Kier alpha value is -1.93. The second-order valence-corrected chi connectivity index (χ2v) is 9.32. The number of piperidine rings is 1. The first-order chi connectivity index (χ1) is 13.5. The number of carbonyl (C=O) groups excluding carboxylic acids is 2. The summed E-state index contributed by atoms with van der Waals surface area (Å²) in [5.41, 5.74) is 0.0582. The SMILES string of the molecule is CC(=O)N[C@H]1COC2(CCN(C(=O)c3cc(CC(C)C)nn3C)CC2)C[C@]1(C)O. The van der Waals surface area contributed by atoms with E-state index in [2.05, 4.69) is 24.3 Å². The van der Waals surface area contributed by atoms with Gasteiger partial charge in [0.25, 0.3) is 5.91 Å². The molecular formula is C21H34N4O4. The fraction of sp³-hybridized carbons (Fsp3) is 0.762. The summed E-state index contributed by atoms with van der Waals surface area (Å²) in [6, 6.07) is 1.48. The number of carbonyl (C=O) groups is 2. The van der Waals surface area contributed by atoms with E-state index in [1.807, 2.05) is 18.0 Å². The zero-order valence-corrected chi connectivity index (χ0v) is 18.2. The number of nitrogens with zero attached hydrogens (tertiary/aromatic N) is 3. The Labute approximate surface area is 172 Å². The second-order valence-electron chi connectivity index (χ2n) is 9.32. The molecule has 0 bridgehead atoms. The lowest BCUT2D eigenvalue weighted by atomic mass is 9.75. The van der Waals surface area contributed by atoms with Crippen LogP contribution in [0.2, 0.25) is 0 Å². The average Bonchev–Trinajstić information content (AvgIpc) is 2.96. The molecule has 3 rings (SSSR count). The lowest BCUT2D eigenvalue weighted by molar-refractivity contribution is -0.187. The van der Waals surface area contributed by atoms with E-state index in [9.17, 15) is 14.7 Å². The molecule has 0 radical (unpaired) electrons. The first-order valence-electron chi connectivity index (χ1n) is 10.5. The van der Waals surface area contributed by atoms with Gasteiger partial charge >= 0.3 is 0 Å². The van der Waals surface area contributed by atoms with E-state index in [0.717, 1.165) is 12.1 Å². The number of hydrogen-bond donors (Lipinski definition) is 2. The van der Waals surface area contributed by atoms with E-state index in [0.29, 0.717) is 44.0 Å². The molecule has 2 fully saturated rings. The van der Waals surface area contributed by atoms with Crippen molar-refractivity contribution in [2.45, 2.75) is 70.6 Å². The van der Waals surface area contributed by atoms with Gasteiger partial charge in [-0.3, -0.25) is 14.3 Å². The Morgan fingerprint density at radius 2 is 2.03 bits per heavy atom. The predicted octanol–water partition coefficient (Wildman–Crippen LogP) is 1.27. The van der Waals surface area contributed by atoms with Gasteiger partial charge < -0.3 is 20.1 Å². The van der Waals surface area contributed by atoms with Gasteiger partial charge in [0, 0.05) is 33.5 Å². The van der Waals surface area contributed by atoms with E-state index < -0.39 is 17.2 Å². The van der Waals surface area contributed by atoms with Gasteiger partial charge in [0.1, 0.15) is 5.69 Å². The quantitative estimate of drug-likeness (QED) is 0.785. The Bertz CT molecular complexity index is 763. The summed E-state index contributed by atoms with van der Waals surface area (Å²) >= 11 is 0. The van der Waals surface area contributed by atoms with Crippen molar-refractivity contribution in [3.8, 4) is 0 Å². The van der Waals surface area contributed by atoms with Gasteiger partial charge in [0.15, 0.2) is 0 Å². The highest BCUT2D eigenvalue weighted by atomic mass is 16.5. The van der Waals surface area contributed by atoms with Crippen molar-refractivity contribution in [3.05, 3.63) is 17.5 Å². The Balaban J connectivity index is 1.63. The summed E-state index contributed by atoms with van der Waals surface area (Å²) < 4.78 is 7.80. The first-order valence-corrected chi connectivity index (χ1v) is 10.5. The van der Waals surface area contributed by atoms with Crippen LogP contribution >= 0.6 is 0 Å². The monoisotopic (exact) mass is 406 g/mol. The molecule has 0 saturated carbocycles. The molecule has 2 amide bonds. The van der Waals surface area contributed by atoms with Crippen molar-refractivity contribution < 1.29 is 19.4 Å². The average molecular weight is 407 g/mol. The van der Waals surface area contributed by atoms with Gasteiger partial charge in [-0.1, -0.05) is 13.8 Å². The van der Waals surface area contributed by atoms with Crippen molar-refractivity contribution in [3.63, 3.8) is 0 Å². The summed E-state index contributed by atoms with van der Waals surface area (Å²) in [6.07, 6.45) is 2.62. The molecule has 0 aliphatic carbocycles. The summed E-state index contributed by atoms with van der Waals surface area (Å²) in [5.74, 6) is 0.298. The third-order valence-electron chi connectivity index (χ3n) is 6.09. The van der Waals surface area contributed by atoms with E-state index in [1.54, 1.807) is 11.6 Å². The molecule has 1 spiro atoms. The minimum absolute atomic E-state index is 0.0106. The normalized spacial score (nSPS) is 26.7. The number of hydrogen-bond acceptors (Lipinski definition) is 5. The number of likely N-dealkylation sites (tertiary alicyclic amines) is 1. The molecule has 162 valence electrons. The lowest BCUT2D eigenvalue weighted by Crippen LogP contribution is -2.64. The molecule has 2 saturated heterocycles. The summed E-state index contributed by atoms with van der Waals surface area (Å²) in [7, 11) is 1.81. The number of aliphatic hydroxyl groups is 1. The minimum Gasteiger partial charge on any atom is -0.388 e. The molecule has 8 nitrogen and oxygen atoms in total. The molecule has 0 aromatic carbocycles. The van der Waals surface area contributed by atoms with Crippen molar-refractivity contribution in [1.82, 2.24) is 20.0 Å². The molecular weight excluding hydrogens is 372 g/mol. The zero-order valence-electron chi connectivity index (χ0n) is 18.2. The highest BCUT2D eigenvalue weighted by molar-refractivity contribution is 5.92. The molecule has 3 heterocycles. The Morgan fingerprint density at radius 1 is 1.38 bits per heavy atom. The van der Waals surface area contributed by atoms with Gasteiger partial charge in [-0.2, -0.15) is 5.10 Å². The molecule has 29 heavy (non-hydrogen) atoms. The molecule has 2 atom stereocenters. The number of aromatic nitrogens is 2. The van der Waals surface area contributed by atoms with Crippen LogP contribution in [-0.2, 0) is 23.0 Å². The van der Waals surface area contributed by atoms with Gasteiger partial charge in [0.05, 0.1) is 29.5 Å². The standard InChI is InChI=1S/C21H34N4O4/c1-14(2)10-16-11-17(24(5)23-16)19(27)25-8-6-21(7-9-25)13-20(4,28)18(12-29-21)22-15(3)26/h11,14,18,28H,6-10,12-13H2,1-5H3,(H,22,26)/t18-,20-/m0/s1. The maximum atomic E-state index is 13.0. The minimum atomic E-state index is -1.04. The van der Waals surface area contributed by atoms with Crippen LogP contribution in [0.25, 0.3) is 0 Å².